The van der Waals surface area contributed by atoms with Crippen LogP contribution in [0.1, 0.15) is 16.8 Å². The molecule has 0 fully saturated rings. The van der Waals surface area contributed by atoms with Crippen LogP contribution in [0.4, 0.5) is 0 Å². The molecule has 0 aliphatic heterocycles. The number of carbonyl (C=O) groups is 1. The van der Waals surface area contributed by atoms with Crippen LogP contribution in [0.2, 0.25) is 0 Å². The third kappa shape index (κ3) is 5.48. The molecule has 1 rings (SSSR count). The Morgan fingerprint density at radius 2 is 2.15 bits per heavy atom. The van der Waals surface area contributed by atoms with Crippen LogP contribution in [0.25, 0.3) is 0 Å². The Morgan fingerprint density at radius 1 is 1.45 bits per heavy atom. The molecule has 0 aliphatic carbocycles. The number of halogens is 1. The quantitative estimate of drug-likeness (QED) is 0.772. The summed E-state index contributed by atoms with van der Waals surface area (Å²) in [6.45, 7) is 0.820. The van der Waals surface area contributed by atoms with E-state index in [4.69, 9.17) is 16.3 Å². The minimum absolute atomic E-state index is 0.125. The molecule has 1 N–H and O–H groups in total. The average Bonchev–Trinajstić information content (AvgIpc) is 2.38. The number of amides is 1. The summed E-state index contributed by atoms with van der Waals surface area (Å²) in [5.74, 6) is -0.322. The van der Waals surface area contributed by atoms with Gasteiger partial charge in [0.15, 0.2) is 9.84 Å². The van der Waals surface area contributed by atoms with Gasteiger partial charge in [-0.1, -0.05) is 6.07 Å². The van der Waals surface area contributed by atoms with E-state index in [9.17, 15) is 13.2 Å². The number of hydrogen-bond acceptors (Lipinski definition) is 4. The molecule has 20 heavy (non-hydrogen) atoms. The summed E-state index contributed by atoms with van der Waals surface area (Å²) in [5.41, 5.74) is 0.311. The minimum atomic E-state index is -3.32. The summed E-state index contributed by atoms with van der Waals surface area (Å²) >= 11 is 5.94. The lowest BCUT2D eigenvalue weighted by atomic mass is 10.2. The van der Waals surface area contributed by atoms with Gasteiger partial charge in [-0.2, -0.15) is 0 Å². The van der Waals surface area contributed by atoms with E-state index >= 15 is 0 Å². The third-order valence-electron chi connectivity index (χ3n) is 2.62. The number of alkyl halides is 1. The Hall–Kier alpha value is -1.11. The molecule has 0 saturated heterocycles. The number of benzene rings is 1. The maximum Gasteiger partial charge on any atom is 0.251 e. The lowest BCUT2D eigenvalue weighted by Crippen LogP contribution is -2.27. The molecule has 0 bridgehead atoms. The van der Waals surface area contributed by atoms with Crippen molar-refractivity contribution in [1.82, 2.24) is 5.32 Å². The van der Waals surface area contributed by atoms with Gasteiger partial charge in [0.1, 0.15) is 0 Å². The molecule has 0 heterocycles. The van der Waals surface area contributed by atoms with Crippen molar-refractivity contribution in [3.8, 4) is 0 Å². The van der Waals surface area contributed by atoms with Crippen LogP contribution in [-0.2, 0) is 14.6 Å². The van der Waals surface area contributed by atoms with E-state index in [-0.39, 0.29) is 16.2 Å². The van der Waals surface area contributed by atoms with Crippen molar-refractivity contribution < 1.29 is 17.9 Å². The lowest BCUT2D eigenvalue weighted by Gasteiger charge is -2.09. The molecule has 5 nitrogen and oxygen atoms in total. The van der Waals surface area contributed by atoms with Crippen molar-refractivity contribution >= 4 is 27.3 Å². The van der Waals surface area contributed by atoms with Gasteiger partial charge in [0.05, 0.1) is 16.9 Å². The summed E-state index contributed by atoms with van der Waals surface area (Å²) in [6, 6.07) is 5.93. The number of carbonyl (C=O) groups excluding carboxylic acids is 1. The first-order valence-corrected chi connectivity index (χ1v) is 8.38. The fourth-order valence-corrected chi connectivity index (χ4v) is 2.48. The first-order valence-electron chi connectivity index (χ1n) is 6.06. The number of sulfone groups is 1. The van der Waals surface area contributed by atoms with Crippen molar-refractivity contribution in [2.75, 3.05) is 26.5 Å². The van der Waals surface area contributed by atoms with E-state index in [1.807, 2.05) is 0 Å². The Morgan fingerprint density at radius 3 is 2.75 bits per heavy atom. The van der Waals surface area contributed by atoms with Gasteiger partial charge in [-0.15, -0.1) is 11.6 Å². The lowest BCUT2D eigenvalue weighted by molar-refractivity contribution is 0.0951. The van der Waals surface area contributed by atoms with Crippen LogP contribution in [0.15, 0.2) is 29.2 Å². The topological polar surface area (TPSA) is 72.5 Å². The van der Waals surface area contributed by atoms with Crippen LogP contribution in [0, 0.1) is 0 Å². The second-order valence-electron chi connectivity index (χ2n) is 4.40. The number of ether oxygens (including phenoxy) is 1. The van der Waals surface area contributed by atoms with Gasteiger partial charge in [-0.05, 0) is 24.6 Å². The molecule has 1 amide bonds. The Kier molecular flexibility index (Phi) is 6.45. The third-order valence-corrected chi connectivity index (χ3v) is 4.07. The van der Waals surface area contributed by atoms with Gasteiger partial charge in [-0.3, -0.25) is 4.79 Å². The van der Waals surface area contributed by atoms with Crippen LogP contribution in [0.3, 0.4) is 0 Å². The fourth-order valence-electron chi connectivity index (χ4n) is 1.58. The summed E-state index contributed by atoms with van der Waals surface area (Å²) in [5, 5.41) is 2.53. The van der Waals surface area contributed by atoms with Gasteiger partial charge in [-0.25, -0.2) is 8.42 Å². The smallest absolute Gasteiger partial charge is 0.251 e. The molecule has 0 spiro atoms. The first kappa shape index (κ1) is 16.9. The molecular formula is C13H18ClNO4S. The molecule has 0 saturated carbocycles. The molecule has 1 aromatic rings. The zero-order valence-electron chi connectivity index (χ0n) is 11.4. The van der Waals surface area contributed by atoms with Gasteiger partial charge in [0.25, 0.3) is 5.91 Å². The Bertz CT molecular complexity index is 559. The standard InChI is InChI=1S/C13H18ClNO4S/c1-19-9-11(14)6-7-15-13(16)10-4-3-5-12(8-10)20(2,17)18/h3-5,8,11H,6-7,9H2,1-2H3,(H,15,16). The summed E-state index contributed by atoms with van der Waals surface area (Å²) in [4.78, 5) is 12.0. The molecular weight excluding hydrogens is 302 g/mol. The SMILES string of the molecule is COCC(Cl)CCNC(=O)c1cccc(S(C)(=O)=O)c1. The largest absolute Gasteiger partial charge is 0.383 e. The molecule has 1 atom stereocenters. The molecule has 1 unspecified atom stereocenters. The van der Waals surface area contributed by atoms with E-state index in [2.05, 4.69) is 5.32 Å². The summed E-state index contributed by atoms with van der Waals surface area (Å²) in [6.07, 6.45) is 1.68. The van der Waals surface area contributed by atoms with E-state index in [0.717, 1.165) is 6.26 Å². The van der Waals surface area contributed by atoms with E-state index in [1.54, 1.807) is 19.2 Å². The highest BCUT2D eigenvalue weighted by molar-refractivity contribution is 7.90. The normalized spacial score (nSPS) is 12.9. The van der Waals surface area contributed by atoms with Crippen LogP contribution in [-0.4, -0.2) is 46.2 Å². The van der Waals surface area contributed by atoms with Gasteiger partial charge < -0.3 is 10.1 Å². The maximum absolute atomic E-state index is 11.9. The van der Waals surface area contributed by atoms with Gasteiger partial charge in [0, 0.05) is 25.5 Å². The number of nitrogens with one attached hydrogen (secondary N) is 1. The van der Waals surface area contributed by atoms with E-state index in [1.165, 1.54) is 12.1 Å². The second-order valence-corrected chi connectivity index (χ2v) is 7.03. The first-order chi connectivity index (χ1) is 9.34. The second kappa shape index (κ2) is 7.61. The van der Waals surface area contributed by atoms with E-state index < -0.39 is 9.84 Å². The van der Waals surface area contributed by atoms with Crippen molar-refractivity contribution in [3.05, 3.63) is 29.8 Å². The highest BCUT2D eigenvalue weighted by Crippen LogP contribution is 2.11. The Balaban J connectivity index is 2.60. The number of hydrogen-bond donors (Lipinski definition) is 1. The molecule has 1 aromatic carbocycles. The highest BCUT2D eigenvalue weighted by atomic mass is 35.5. The van der Waals surface area contributed by atoms with Crippen molar-refractivity contribution in [2.24, 2.45) is 0 Å². The van der Waals surface area contributed by atoms with Crippen molar-refractivity contribution in [2.45, 2.75) is 16.7 Å². The van der Waals surface area contributed by atoms with Crippen LogP contribution in [0.5, 0.6) is 0 Å². The van der Waals surface area contributed by atoms with E-state index in [0.29, 0.717) is 25.1 Å². The monoisotopic (exact) mass is 319 g/mol. The predicted molar refractivity (Wildman–Crippen MR) is 78.0 cm³/mol. The Labute approximate surface area is 124 Å². The van der Waals surface area contributed by atoms with Crippen LogP contribution >= 0.6 is 11.6 Å². The summed E-state index contributed by atoms with van der Waals surface area (Å²) < 4.78 is 27.7. The molecule has 0 radical (unpaired) electrons. The molecule has 0 aliphatic rings. The maximum atomic E-state index is 11.9. The highest BCUT2D eigenvalue weighted by Gasteiger charge is 2.12. The zero-order chi connectivity index (χ0) is 15.2. The fraction of sp³-hybridized carbons (Fsp3) is 0.462. The van der Waals surface area contributed by atoms with Crippen molar-refractivity contribution in [1.29, 1.82) is 0 Å². The number of rotatable bonds is 7. The predicted octanol–water partition coefficient (Wildman–Crippen LogP) is 1.46. The molecule has 7 heteroatoms. The molecule has 112 valence electrons. The van der Waals surface area contributed by atoms with Crippen molar-refractivity contribution in [3.63, 3.8) is 0 Å². The zero-order valence-corrected chi connectivity index (χ0v) is 13.0. The summed E-state index contributed by atoms with van der Waals surface area (Å²) in [7, 11) is -1.76. The minimum Gasteiger partial charge on any atom is -0.383 e. The van der Waals surface area contributed by atoms with Gasteiger partial charge >= 0.3 is 0 Å². The van der Waals surface area contributed by atoms with Crippen LogP contribution < -0.4 is 5.32 Å². The van der Waals surface area contributed by atoms with Gasteiger partial charge in [0.2, 0.25) is 0 Å². The average molecular weight is 320 g/mol. The number of methoxy groups -OCH3 is 1. The molecule has 0 aromatic heterocycles.